The number of urea groups is 1. The molecule has 0 aliphatic heterocycles. The number of carbonyl (C=O) groups is 1. The number of rotatable bonds is 3. The Kier molecular flexibility index (Phi) is 4.17. The number of thiophene rings is 1. The van der Waals surface area contributed by atoms with Crippen molar-refractivity contribution in [1.82, 2.24) is 19.7 Å². The third-order valence-corrected chi connectivity index (χ3v) is 4.20. The van der Waals surface area contributed by atoms with Gasteiger partial charge in [0.25, 0.3) is 5.56 Å². The lowest BCUT2D eigenvalue weighted by atomic mass is 10.3. The van der Waals surface area contributed by atoms with Crippen molar-refractivity contribution in [3.63, 3.8) is 0 Å². The number of hydrogen-bond donors (Lipinski definition) is 3. The number of aryl methyl sites for hydroxylation is 2. The molecule has 124 valence electrons. The summed E-state index contributed by atoms with van der Waals surface area (Å²) in [5.41, 5.74) is 1.60. The first kappa shape index (κ1) is 15.9. The predicted molar refractivity (Wildman–Crippen MR) is 93.2 cm³/mol. The molecule has 0 unspecified atom stereocenters. The van der Waals surface area contributed by atoms with E-state index in [2.05, 4.69) is 25.7 Å². The van der Waals surface area contributed by atoms with E-state index >= 15 is 0 Å². The number of aromatic nitrogens is 4. The number of nitrogens with zero attached hydrogens (tertiary/aromatic N) is 3. The molecule has 3 aromatic rings. The van der Waals surface area contributed by atoms with E-state index in [0.717, 1.165) is 5.00 Å². The van der Waals surface area contributed by atoms with Crippen LogP contribution in [0.1, 0.15) is 17.0 Å². The van der Waals surface area contributed by atoms with Crippen LogP contribution in [0.25, 0.3) is 5.95 Å². The minimum absolute atomic E-state index is 0.236. The van der Waals surface area contributed by atoms with E-state index in [1.165, 1.54) is 16.0 Å². The van der Waals surface area contributed by atoms with Gasteiger partial charge in [-0.05, 0) is 38.3 Å². The number of nitrogens with one attached hydrogen (secondary N) is 3. The Labute approximate surface area is 141 Å². The average molecular weight is 344 g/mol. The van der Waals surface area contributed by atoms with Gasteiger partial charge in [-0.3, -0.25) is 20.4 Å². The van der Waals surface area contributed by atoms with Crippen molar-refractivity contribution >= 4 is 28.2 Å². The lowest BCUT2D eigenvalue weighted by molar-refractivity contribution is 0.262. The second-order valence-electron chi connectivity index (χ2n) is 5.24. The standard InChI is InChI=1S/C15H16N6O2S/c1-8-7-11(17-15(23)18-12-5-4-6-24-12)21(20-8)14-16-10(3)9(2)13(22)19-14/h4-7H,1-3H3,(H,16,19,22)(H2,17,18,23). The molecule has 0 aliphatic rings. The Morgan fingerprint density at radius 2 is 2.08 bits per heavy atom. The summed E-state index contributed by atoms with van der Waals surface area (Å²) in [6.45, 7) is 5.24. The maximum atomic E-state index is 12.1. The smallest absolute Gasteiger partial charge is 0.299 e. The van der Waals surface area contributed by atoms with Crippen LogP contribution in [-0.4, -0.2) is 25.8 Å². The number of amides is 2. The molecule has 24 heavy (non-hydrogen) atoms. The van der Waals surface area contributed by atoms with Crippen molar-refractivity contribution in [2.45, 2.75) is 20.8 Å². The second kappa shape index (κ2) is 6.28. The third-order valence-electron chi connectivity index (χ3n) is 3.41. The Morgan fingerprint density at radius 3 is 2.75 bits per heavy atom. The number of aromatic amines is 1. The number of H-pyrrole nitrogens is 1. The van der Waals surface area contributed by atoms with Crippen LogP contribution in [0.2, 0.25) is 0 Å². The summed E-state index contributed by atoms with van der Waals surface area (Å²) in [5.74, 6) is 0.663. The molecule has 9 heteroatoms. The average Bonchev–Trinajstić information content (AvgIpc) is 3.14. The van der Waals surface area contributed by atoms with E-state index in [1.54, 1.807) is 32.9 Å². The Hall–Kier alpha value is -2.94. The second-order valence-corrected chi connectivity index (χ2v) is 6.19. The van der Waals surface area contributed by atoms with E-state index in [-0.39, 0.29) is 11.5 Å². The molecule has 0 aromatic carbocycles. The van der Waals surface area contributed by atoms with Crippen molar-refractivity contribution in [3.8, 4) is 5.95 Å². The zero-order valence-corrected chi connectivity index (χ0v) is 14.2. The van der Waals surface area contributed by atoms with E-state index in [0.29, 0.717) is 22.8 Å². The molecular formula is C15H16N6O2S. The van der Waals surface area contributed by atoms with Gasteiger partial charge in [-0.25, -0.2) is 9.78 Å². The summed E-state index contributed by atoms with van der Waals surface area (Å²) in [4.78, 5) is 31.1. The van der Waals surface area contributed by atoms with Gasteiger partial charge in [0.1, 0.15) is 5.82 Å². The normalized spacial score (nSPS) is 10.6. The monoisotopic (exact) mass is 344 g/mol. The molecule has 3 aromatic heterocycles. The number of hydrogen-bond acceptors (Lipinski definition) is 5. The van der Waals surface area contributed by atoms with Gasteiger partial charge in [0.15, 0.2) is 0 Å². The summed E-state index contributed by atoms with van der Waals surface area (Å²) in [7, 11) is 0. The molecular weight excluding hydrogens is 328 g/mol. The SMILES string of the molecule is Cc1cc(NC(=O)Nc2cccs2)n(-c2nc(C)c(C)c(=O)[nH]2)n1. The molecule has 3 N–H and O–H groups in total. The van der Waals surface area contributed by atoms with Crippen LogP contribution in [-0.2, 0) is 0 Å². The maximum absolute atomic E-state index is 12.1. The molecule has 8 nitrogen and oxygen atoms in total. The molecule has 0 saturated carbocycles. The van der Waals surface area contributed by atoms with Crippen LogP contribution in [0.15, 0.2) is 28.4 Å². The zero-order valence-electron chi connectivity index (χ0n) is 13.4. The van der Waals surface area contributed by atoms with Crippen LogP contribution in [0.5, 0.6) is 0 Å². The van der Waals surface area contributed by atoms with Crippen molar-refractivity contribution in [2.24, 2.45) is 0 Å². The highest BCUT2D eigenvalue weighted by atomic mass is 32.1. The zero-order chi connectivity index (χ0) is 17.3. The quantitative estimate of drug-likeness (QED) is 0.679. The molecule has 2 amide bonds. The molecule has 0 spiro atoms. The summed E-state index contributed by atoms with van der Waals surface area (Å²) in [5, 5.41) is 12.3. The van der Waals surface area contributed by atoms with Gasteiger partial charge in [-0.2, -0.15) is 9.78 Å². The van der Waals surface area contributed by atoms with Crippen LogP contribution in [0.4, 0.5) is 15.6 Å². The fraction of sp³-hybridized carbons (Fsp3) is 0.200. The molecule has 0 saturated heterocycles. The molecule has 0 aliphatic carbocycles. The van der Waals surface area contributed by atoms with Crippen molar-refractivity contribution in [3.05, 3.63) is 50.9 Å². The van der Waals surface area contributed by atoms with Crippen molar-refractivity contribution < 1.29 is 4.79 Å². The Balaban J connectivity index is 1.91. The molecule has 0 atom stereocenters. The molecule has 0 fully saturated rings. The van der Waals surface area contributed by atoms with E-state index < -0.39 is 6.03 Å². The lowest BCUT2D eigenvalue weighted by Gasteiger charge is -2.09. The lowest BCUT2D eigenvalue weighted by Crippen LogP contribution is -2.23. The van der Waals surface area contributed by atoms with Gasteiger partial charge in [0.05, 0.1) is 10.7 Å². The van der Waals surface area contributed by atoms with Gasteiger partial charge in [-0.1, -0.05) is 0 Å². The summed E-state index contributed by atoms with van der Waals surface area (Å²) in [6.07, 6.45) is 0. The largest absolute Gasteiger partial charge is 0.325 e. The number of carbonyl (C=O) groups excluding carboxylic acids is 1. The van der Waals surface area contributed by atoms with E-state index in [4.69, 9.17) is 0 Å². The summed E-state index contributed by atoms with van der Waals surface area (Å²) >= 11 is 1.42. The molecule has 0 bridgehead atoms. The summed E-state index contributed by atoms with van der Waals surface area (Å²) < 4.78 is 1.40. The third kappa shape index (κ3) is 3.20. The highest BCUT2D eigenvalue weighted by Gasteiger charge is 2.14. The topological polar surface area (TPSA) is 105 Å². The molecule has 3 heterocycles. The van der Waals surface area contributed by atoms with E-state index in [1.807, 2.05) is 11.4 Å². The first-order valence-electron chi connectivity index (χ1n) is 7.20. The van der Waals surface area contributed by atoms with Gasteiger partial charge in [0, 0.05) is 17.3 Å². The van der Waals surface area contributed by atoms with Crippen LogP contribution >= 0.6 is 11.3 Å². The van der Waals surface area contributed by atoms with Crippen LogP contribution in [0, 0.1) is 20.8 Å². The fourth-order valence-corrected chi connectivity index (χ4v) is 2.70. The van der Waals surface area contributed by atoms with Crippen molar-refractivity contribution in [1.29, 1.82) is 0 Å². The highest BCUT2D eigenvalue weighted by Crippen LogP contribution is 2.17. The van der Waals surface area contributed by atoms with Gasteiger partial charge in [0.2, 0.25) is 5.95 Å². The minimum Gasteiger partial charge on any atom is -0.299 e. The van der Waals surface area contributed by atoms with Crippen LogP contribution in [0.3, 0.4) is 0 Å². The Morgan fingerprint density at radius 1 is 1.29 bits per heavy atom. The molecule has 0 radical (unpaired) electrons. The van der Waals surface area contributed by atoms with Gasteiger partial charge >= 0.3 is 6.03 Å². The number of anilines is 2. The predicted octanol–water partition coefficient (Wildman–Crippen LogP) is 2.59. The summed E-state index contributed by atoms with van der Waals surface area (Å²) in [6, 6.07) is 4.95. The Bertz CT molecular complexity index is 942. The van der Waals surface area contributed by atoms with Gasteiger partial charge in [-0.15, -0.1) is 11.3 Å². The van der Waals surface area contributed by atoms with E-state index in [9.17, 15) is 9.59 Å². The molecule has 3 rings (SSSR count). The fourth-order valence-electron chi connectivity index (χ4n) is 2.09. The minimum atomic E-state index is -0.398. The van der Waals surface area contributed by atoms with Gasteiger partial charge < -0.3 is 0 Å². The van der Waals surface area contributed by atoms with Crippen molar-refractivity contribution in [2.75, 3.05) is 10.6 Å². The maximum Gasteiger partial charge on any atom is 0.325 e. The van der Waals surface area contributed by atoms with Crippen LogP contribution < -0.4 is 16.2 Å². The first-order valence-corrected chi connectivity index (χ1v) is 8.08. The first-order chi connectivity index (χ1) is 11.4. The highest BCUT2D eigenvalue weighted by molar-refractivity contribution is 7.14.